The molecular weight excluding hydrogens is 308 g/mol. The Hall–Kier alpha value is -3.66. The van der Waals surface area contributed by atoms with Crippen LogP contribution in [-0.4, -0.2) is 31.9 Å². The largest absolute Gasteiger partial charge is 0.413 e. The SMILES string of the molecule is NC(=O)N(N)c1nc(N(N)C(N)=O)c([N+](=O)[O-])nc1[N+](=O)[O-]. The summed E-state index contributed by atoms with van der Waals surface area (Å²) in [6, 6.07) is -2.78. The summed E-state index contributed by atoms with van der Waals surface area (Å²) in [5.41, 5.74) is 9.64. The zero-order valence-corrected chi connectivity index (χ0v) is 10.4. The molecule has 4 amide bonds. The van der Waals surface area contributed by atoms with Gasteiger partial charge in [-0.2, -0.15) is 4.98 Å². The molecule has 16 nitrogen and oxygen atoms in total. The average Bonchev–Trinajstić information content (AvgIpc) is 2.43. The molecule has 22 heavy (non-hydrogen) atoms. The van der Waals surface area contributed by atoms with Crippen molar-refractivity contribution in [2.75, 3.05) is 10.0 Å². The van der Waals surface area contributed by atoms with E-state index in [-0.39, 0.29) is 10.0 Å². The second kappa shape index (κ2) is 5.76. The first-order valence-corrected chi connectivity index (χ1v) is 4.97. The standard InChI is InChI=1S/C6H8N10O6/c7-5(17)13(9)1-3(15(19)20)12-4(16(21)22)2(11-1)14(10)6(8)18/h9-10H2,(H2,7,17)(H2,8,18). The van der Waals surface area contributed by atoms with Crippen LogP contribution in [0.15, 0.2) is 0 Å². The van der Waals surface area contributed by atoms with Crippen molar-refractivity contribution in [3.8, 4) is 0 Å². The van der Waals surface area contributed by atoms with Crippen LogP contribution in [0.1, 0.15) is 0 Å². The molecule has 8 N–H and O–H groups in total. The van der Waals surface area contributed by atoms with Gasteiger partial charge in [-0.25, -0.2) is 31.3 Å². The number of aromatic nitrogens is 2. The van der Waals surface area contributed by atoms with Gasteiger partial charge in [-0.15, -0.1) is 0 Å². The zero-order valence-electron chi connectivity index (χ0n) is 10.4. The number of nitrogens with zero attached hydrogens (tertiary/aromatic N) is 6. The Morgan fingerprint density at radius 3 is 1.41 bits per heavy atom. The van der Waals surface area contributed by atoms with Gasteiger partial charge in [0.05, 0.1) is 0 Å². The van der Waals surface area contributed by atoms with Crippen LogP contribution < -0.4 is 33.2 Å². The molecule has 0 fully saturated rings. The Bertz CT molecular complexity index is 621. The van der Waals surface area contributed by atoms with Gasteiger partial charge in [0.15, 0.2) is 0 Å². The van der Waals surface area contributed by atoms with Crippen LogP contribution in [0.5, 0.6) is 0 Å². The first-order valence-electron chi connectivity index (χ1n) is 4.97. The lowest BCUT2D eigenvalue weighted by Gasteiger charge is -2.16. The van der Waals surface area contributed by atoms with Gasteiger partial charge in [0.2, 0.25) is 0 Å². The predicted octanol–water partition coefficient (Wildman–Crippen LogP) is -2.19. The van der Waals surface area contributed by atoms with Gasteiger partial charge < -0.3 is 31.7 Å². The Kier molecular flexibility index (Phi) is 4.30. The maximum atomic E-state index is 11.0. The summed E-state index contributed by atoms with van der Waals surface area (Å²) in [7, 11) is 0. The number of hydrazine groups is 2. The Morgan fingerprint density at radius 1 is 0.864 bits per heavy atom. The maximum Gasteiger partial charge on any atom is 0.413 e. The Balaban J connectivity index is 3.73. The van der Waals surface area contributed by atoms with Crippen LogP contribution in [0.3, 0.4) is 0 Å². The minimum Gasteiger partial charge on any atom is -0.358 e. The van der Waals surface area contributed by atoms with Crippen LogP contribution in [0.2, 0.25) is 0 Å². The molecule has 0 aromatic carbocycles. The molecule has 0 bridgehead atoms. The van der Waals surface area contributed by atoms with E-state index in [1.807, 2.05) is 0 Å². The van der Waals surface area contributed by atoms with E-state index in [1.165, 1.54) is 0 Å². The van der Waals surface area contributed by atoms with Crippen molar-refractivity contribution in [3.05, 3.63) is 20.2 Å². The van der Waals surface area contributed by atoms with E-state index in [4.69, 9.17) is 23.2 Å². The number of carbonyl (C=O) groups excluding carboxylic acids is 2. The molecule has 1 aromatic rings. The lowest BCUT2D eigenvalue weighted by atomic mass is 10.5. The number of primary amides is 2. The van der Waals surface area contributed by atoms with Gasteiger partial charge in [-0.3, -0.25) is 0 Å². The Labute approximate surface area is 119 Å². The van der Waals surface area contributed by atoms with Crippen molar-refractivity contribution in [1.29, 1.82) is 0 Å². The maximum absolute atomic E-state index is 11.0. The fourth-order valence-electron chi connectivity index (χ4n) is 1.18. The predicted molar refractivity (Wildman–Crippen MR) is 67.8 cm³/mol. The van der Waals surface area contributed by atoms with E-state index in [0.29, 0.717) is 0 Å². The minimum atomic E-state index is -1.39. The van der Waals surface area contributed by atoms with E-state index in [0.717, 1.165) is 0 Å². The smallest absolute Gasteiger partial charge is 0.358 e. The fourth-order valence-corrected chi connectivity index (χ4v) is 1.18. The molecular formula is C6H8N10O6. The van der Waals surface area contributed by atoms with Gasteiger partial charge in [0.25, 0.3) is 11.6 Å². The molecule has 0 saturated carbocycles. The number of rotatable bonds is 4. The van der Waals surface area contributed by atoms with E-state index < -0.39 is 45.2 Å². The van der Waals surface area contributed by atoms with Crippen molar-refractivity contribution in [2.45, 2.75) is 0 Å². The number of carbonyl (C=O) groups is 2. The van der Waals surface area contributed by atoms with Crippen molar-refractivity contribution in [3.63, 3.8) is 0 Å². The number of hydrogen-bond donors (Lipinski definition) is 4. The van der Waals surface area contributed by atoms with E-state index in [2.05, 4.69) is 9.97 Å². The van der Waals surface area contributed by atoms with Gasteiger partial charge in [-0.05, 0) is 9.85 Å². The molecule has 1 aromatic heterocycles. The summed E-state index contributed by atoms with van der Waals surface area (Å²) in [4.78, 5) is 47.6. The Morgan fingerprint density at radius 2 is 1.18 bits per heavy atom. The van der Waals surface area contributed by atoms with Crippen molar-refractivity contribution in [1.82, 2.24) is 9.97 Å². The highest BCUT2D eigenvalue weighted by atomic mass is 16.6. The third-order valence-electron chi connectivity index (χ3n) is 2.10. The summed E-state index contributed by atoms with van der Waals surface area (Å²) >= 11 is 0. The quantitative estimate of drug-likeness (QED) is 0.201. The molecule has 1 heterocycles. The van der Waals surface area contributed by atoms with Gasteiger partial charge in [0.1, 0.15) is 0 Å². The number of amides is 4. The number of nitro groups is 2. The van der Waals surface area contributed by atoms with E-state index in [1.54, 1.807) is 0 Å². The minimum absolute atomic E-state index is 0.00675. The van der Waals surface area contributed by atoms with Crippen LogP contribution in [-0.2, 0) is 0 Å². The van der Waals surface area contributed by atoms with E-state index >= 15 is 0 Å². The van der Waals surface area contributed by atoms with Crippen molar-refractivity contribution in [2.24, 2.45) is 23.2 Å². The molecule has 0 radical (unpaired) electrons. The molecule has 0 spiro atoms. The second-order valence-corrected chi connectivity index (χ2v) is 3.45. The lowest BCUT2D eigenvalue weighted by molar-refractivity contribution is -0.402. The molecule has 16 heteroatoms. The molecule has 0 atom stereocenters. The highest BCUT2D eigenvalue weighted by Crippen LogP contribution is 2.31. The topological polar surface area (TPSA) is 257 Å². The molecule has 0 aliphatic rings. The average molecular weight is 316 g/mol. The highest BCUT2D eigenvalue weighted by molar-refractivity contribution is 5.93. The third kappa shape index (κ3) is 2.91. The second-order valence-electron chi connectivity index (χ2n) is 3.45. The van der Waals surface area contributed by atoms with Crippen LogP contribution >= 0.6 is 0 Å². The fraction of sp³-hybridized carbons (Fsp3) is 0. The molecule has 118 valence electrons. The number of nitrogens with two attached hydrogens (primary N) is 4. The number of urea groups is 2. The number of anilines is 2. The first-order chi connectivity index (χ1) is 10.1. The van der Waals surface area contributed by atoms with Gasteiger partial charge in [-0.1, -0.05) is 0 Å². The summed E-state index contributed by atoms with van der Waals surface area (Å²) in [6.07, 6.45) is 0. The van der Waals surface area contributed by atoms with Crippen molar-refractivity contribution < 1.29 is 19.4 Å². The third-order valence-corrected chi connectivity index (χ3v) is 2.10. The molecule has 0 aliphatic heterocycles. The summed E-state index contributed by atoms with van der Waals surface area (Å²) in [5.74, 6) is 5.84. The molecule has 0 aliphatic carbocycles. The van der Waals surface area contributed by atoms with Crippen LogP contribution in [0.25, 0.3) is 0 Å². The number of hydrogen-bond acceptors (Lipinski definition) is 10. The molecule has 1 rings (SSSR count). The lowest BCUT2D eigenvalue weighted by Crippen LogP contribution is -2.45. The summed E-state index contributed by atoms with van der Waals surface area (Å²) < 4.78 is 0. The van der Waals surface area contributed by atoms with Gasteiger partial charge in [0, 0.05) is 4.98 Å². The van der Waals surface area contributed by atoms with E-state index in [9.17, 15) is 29.8 Å². The summed E-state index contributed by atoms with van der Waals surface area (Å²) in [6.45, 7) is 0. The van der Waals surface area contributed by atoms with Gasteiger partial charge >= 0.3 is 23.7 Å². The first kappa shape index (κ1) is 16.4. The normalized spacial score (nSPS) is 9.91. The highest BCUT2D eigenvalue weighted by Gasteiger charge is 2.34. The molecule has 0 saturated heterocycles. The van der Waals surface area contributed by atoms with Crippen LogP contribution in [0.4, 0.5) is 32.9 Å². The molecule has 0 unspecified atom stereocenters. The van der Waals surface area contributed by atoms with Crippen LogP contribution in [0, 0.1) is 20.2 Å². The zero-order chi connectivity index (χ0) is 17.2. The summed E-state index contributed by atoms with van der Waals surface area (Å²) in [5, 5.41) is 21.7. The van der Waals surface area contributed by atoms with Crippen molar-refractivity contribution >= 4 is 35.3 Å². The monoisotopic (exact) mass is 316 g/mol.